The predicted octanol–water partition coefficient (Wildman–Crippen LogP) is 32.2. The van der Waals surface area contributed by atoms with E-state index in [1.54, 1.807) is 98.8 Å². The first-order valence-electron chi connectivity index (χ1n) is 36.2. The Balaban J connectivity index is 0.000000631. The molecule has 9 rings (SSSR count). The topological polar surface area (TPSA) is 36.9 Å². The van der Waals surface area contributed by atoms with E-state index in [4.69, 9.17) is 11.6 Å². The van der Waals surface area contributed by atoms with Gasteiger partial charge in [-0.25, -0.2) is 8.78 Å². The van der Waals surface area contributed by atoms with Crippen LogP contribution in [-0.2, 0) is 12.4 Å². The summed E-state index contributed by atoms with van der Waals surface area (Å²) in [5, 5.41) is 0.825. The summed E-state index contributed by atoms with van der Waals surface area (Å²) < 4.78 is 234. The second-order valence-electron chi connectivity index (χ2n) is 28.0. The van der Waals surface area contributed by atoms with E-state index >= 15 is 0 Å². The average Bonchev–Trinajstić information content (AvgIpc) is 0.822. The fourth-order valence-corrected chi connectivity index (χ4v) is 10.3. The highest BCUT2D eigenvalue weighted by atomic mass is 35.5. The van der Waals surface area contributed by atoms with Crippen molar-refractivity contribution in [1.29, 1.82) is 0 Å². The number of rotatable bonds is 16. The lowest BCUT2D eigenvalue weighted by molar-refractivity contribution is -0.275. The van der Waals surface area contributed by atoms with Gasteiger partial charge in [0.05, 0.1) is 11.1 Å². The van der Waals surface area contributed by atoms with Crippen molar-refractivity contribution >= 4 is 11.6 Å². The number of alkyl halides is 18. The van der Waals surface area contributed by atoms with Gasteiger partial charge in [0.2, 0.25) is 0 Å². The van der Waals surface area contributed by atoms with Gasteiger partial charge in [-0.15, -0.1) is 26.3 Å². The van der Waals surface area contributed by atoms with E-state index in [1.165, 1.54) is 77.4 Å². The molecule has 0 aliphatic heterocycles. The van der Waals surface area contributed by atoms with Gasteiger partial charge >= 0.3 is 38.3 Å². The third-order valence-corrected chi connectivity index (χ3v) is 16.2. The lowest BCUT2D eigenvalue weighted by atomic mass is 9.97. The SMILES string of the molecule is CC(C)c1cccc(C(F)(F)F)c1.CC(C)c1cccc(Cl)c1.CC(C)c1cccc(OC(F)(F)F)c1.CC(C)c1cccc(OC(F)F)c1.CC(C)c1ccccc1C(F)(F)F.CC(C)c1ccccc1C(F)F.CC(C)c1ccccc1OC(F)(F)F.CC(C)c1ccccc1OC(F)F.Cc1ccccc1C(C)C. The van der Waals surface area contributed by atoms with Gasteiger partial charge in [-0.05, 0) is 176 Å². The second-order valence-corrected chi connectivity index (χ2v) is 28.5. The van der Waals surface area contributed by atoms with E-state index in [0.29, 0.717) is 28.9 Å². The predicted molar refractivity (Wildman–Crippen MR) is 416 cm³/mol. The summed E-state index contributed by atoms with van der Waals surface area (Å²) in [7, 11) is 0. The molecule has 112 heavy (non-hydrogen) atoms. The standard InChI is InChI=1S/2C10H11F3O.2C10H11F3.2C10H12F2O.C10H12F2.C10H14.C9H11Cl/c1-7(2)8-4-3-5-9(6-8)14-10(11,12)13;1-7(2)8-5-3-4-6-9(8)14-10(11,12)13;1-7(2)8-4-3-5-9(6-8)10(11,12)13;1-7(2)8-5-3-4-6-9(8)10(11,12)13;1-7(2)8-4-3-5-9(6-8)13-10(11)12;1-7(2)8-5-3-4-6-9(8)13-10(11)12;1-7(2)8-5-3-4-6-9(8)10(11)12;1-8(2)10-7-5-4-6-9(10)3;1-7(2)8-4-3-5-9(10)6-8/h2*3-7H,1-2H3;2*3-7H,1-2H3;2*3-7,10H,1-2H3;3-7,10H,1-2H3;4-8H,1-3H3;3-7H,1-2H3. The Kier molecular flexibility index (Phi) is 44.9. The highest BCUT2D eigenvalue weighted by Crippen LogP contribution is 2.37. The maximum Gasteiger partial charge on any atom is 0.573 e. The second kappa shape index (κ2) is 49.7. The largest absolute Gasteiger partial charge is 0.573 e. The van der Waals surface area contributed by atoms with Crippen molar-refractivity contribution in [3.05, 3.63) is 296 Å². The molecule has 0 aliphatic carbocycles. The molecule has 0 aliphatic rings. The first-order chi connectivity index (χ1) is 51.9. The van der Waals surface area contributed by atoms with Crippen LogP contribution in [0.2, 0.25) is 5.02 Å². The highest BCUT2D eigenvalue weighted by Gasteiger charge is 2.35. The van der Waals surface area contributed by atoms with E-state index in [2.05, 4.69) is 83.9 Å². The van der Waals surface area contributed by atoms with Crippen LogP contribution in [0.5, 0.6) is 23.0 Å². The molecule has 0 N–H and O–H groups in total. The van der Waals surface area contributed by atoms with Crippen LogP contribution < -0.4 is 18.9 Å². The molecule has 0 aromatic heterocycles. The molecule has 0 saturated heterocycles. The summed E-state index contributed by atoms with van der Waals surface area (Å²) in [6.45, 7) is 31.9. The number of ether oxygens (including phenoxy) is 4. The van der Waals surface area contributed by atoms with Gasteiger partial charge in [0.15, 0.2) is 0 Å². The summed E-state index contributed by atoms with van der Waals surface area (Å²) in [6.07, 6.45) is -20.1. The Hall–Kier alpha value is -8.79. The van der Waals surface area contributed by atoms with Crippen molar-refractivity contribution in [2.24, 2.45) is 0 Å². The summed E-state index contributed by atoms with van der Waals surface area (Å²) in [5.74, 6) is 2.33. The third kappa shape index (κ3) is 41.7. The molecule has 618 valence electrons. The molecule has 0 unspecified atom stereocenters. The Morgan fingerprint density at radius 2 is 0.616 bits per heavy atom. The van der Waals surface area contributed by atoms with Gasteiger partial charge in [0.1, 0.15) is 23.0 Å². The van der Waals surface area contributed by atoms with Crippen LogP contribution in [0.4, 0.5) is 79.0 Å². The van der Waals surface area contributed by atoms with E-state index in [0.717, 1.165) is 45.0 Å². The number of halogens is 19. The lowest BCUT2D eigenvalue weighted by Crippen LogP contribution is -2.18. The quantitative estimate of drug-likeness (QED) is 0.0904. The molecule has 0 amide bonds. The normalized spacial score (nSPS) is 11.4. The number of aryl methyl sites for hydroxylation is 1. The van der Waals surface area contributed by atoms with Gasteiger partial charge in [-0.3, -0.25) is 0 Å². The third-order valence-electron chi connectivity index (χ3n) is 16.0. The Bertz CT molecular complexity index is 4040. The molecule has 23 heteroatoms. The zero-order valence-electron chi connectivity index (χ0n) is 66.5. The van der Waals surface area contributed by atoms with Crippen LogP contribution in [0, 0.1) is 6.92 Å². The van der Waals surface area contributed by atoms with Crippen molar-refractivity contribution in [3.63, 3.8) is 0 Å². The lowest BCUT2D eigenvalue weighted by Gasteiger charge is -2.14. The van der Waals surface area contributed by atoms with Gasteiger partial charge in [-0.2, -0.15) is 43.9 Å². The molecule has 4 nitrogen and oxygen atoms in total. The van der Waals surface area contributed by atoms with Gasteiger partial charge in [-0.1, -0.05) is 294 Å². The first kappa shape index (κ1) is 101. The molecule has 0 saturated carbocycles. The Labute approximate surface area is 654 Å². The fraction of sp³-hybridized carbons (Fsp3) is 0.393. The van der Waals surface area contributed by atoms with E-state index < -0.39 is 55.9 Å². The number of benzene rings is 9. The minimum atomic E-state index is -4.62. The van der Waals surface area contributed by atoms with Crippen molar-refractivity contribution in [3.8, 4) is 23.0 Å². The molecular weight excluding hydrogens is 1510 g/mol. The highest BCUT2D eigenvalue weighted by molar-refractivity contribution is 6.30. The van der Waals surface area contributed by atoms with Crippen molar-refractivity contribution < 1.29 is 98.0 Å². The van der Waals surface area contributed by atoms with Gasteiger partial charge in [0.25, 0.3) is 6.43 Å². The van der Waals surface area contributed by atoms with E-state index in [-0.39, 0.29) is 64.1 Å². The molecule has 0 fully saturated rings. The molecule has 0 atom stereocenters. The molecule has 0 spiro atoms. The fourth-order valence-electron chi connectivity index (χ4n) is 10.1. The minimum Gasteiger partial charge on any atom is -0.435 e. The van der Waals surface area contributed by atoms with Crippen molar-refractivity contribution in [1.82, 2.24) is 0 Å². The summed E-state index contributed by atoms with van der Waals surface area (Å²) in [6, 6.07) is 60.1. The Morgan fingerprint density at radius 3 is 0.973 bits per heavy atom. The van der Waals surface area contributed by atoms with E-state index in [9.17, 15) is 79.0 Å². The van der Waals surface area contributed by atoms with E-state index in [1.807, 2.05) is 113 Å². The zero-order valence-corrected chi connectivity index (χ0v) is 67.3. The number of hydrogen-bond acceptors (Lipinski definition) is 4. The summed E-state index contributed by atoms with van der Waals surface area (Å²) in [4.78, 5) is 0. The van der Waals surface area contributed by atoms with Crippen LogP contribution in [0.3, 0.4) is 0 Å². The molecular formula is C89H105ClF18O4. The van der Waals surface area contributed by atoms with Crippen LogP contribution in [0.25, 0.3) is 0 Å². The maximum atomic E-state index is 12.4. The molecule has 9 aromatic rings. The minimum absolute atomic E-state index is 0.00792. The zero-order chi connectivity index (χ0) is 85.6. The molecule has 0 heterocycles. The maximum absolute atomic E-state index is 12.4. The Morgan fingerprint density at radius 1 is 0.277 bits per heavy atom. The summed E-state index contributed by atoms with van der Waals surface area (Å²) >= 11 is 5.79. The van der Waals surface area contributed by atoms with Crippen LogP contribution in [0.15, 0.2) is 218 Å². The van der Waals surface area contributed by atoms with Crippen LogP contribution >= 0.6 is 11.6 Å². The van der Waals surface area contributed by atoms with Crippen LogP contribution in [-0.4, -0.2) is 25.9 Å². The van der Waals surface area contributed by atoms with Gasteiger partial charge in [0, 0.05) is 10.6 Å². The van der Waals surface area contributed by atoms with Crippen molar-refractivity contribution in [2.75, 3.05) is 0 Å². The van der Waals surface area contributed by atoms with Crippen LogP contribution in [0.1, 0.15) is 257 Å². The molecule has 0 radical (unpaired) electrons. The number of hydrogen-bond donors (Lipinski definition) is 0. The smallest absolute Gasteiger partial charge is 0.435 e. The molecule has 0 bridgehead atoms. The molecule has 9 aromatic carbocycles. The van der Waals surface area contributed by atoms with Gasteiger partial charge < -0.3 is 18.9 Å². The van der Waals surface area contributed by atoms with Crippen molar-refractivity contribution in [2.45, 2.75) is 230 Å². The number of para-hydroxylation sites is 2. The summed E-state index contributed by atoms with van der Waals surface area (Å²) in [5.41, 5.74) is 8.23. The monoisotopic (exact) mass is 1610 g/mol. The first-order valence-corrected chi connectivity index (χ1v) is 36.5. The average molecular weight is 1620 g/mol.